The first-order valence-corrected chi connectivity index (χ1v) is 15.3. The van der Waals surface area contributed by atoms with E-state index in [1.165, 1.54) is 0 Å². The van der Waals surface area contributed by atoms with Gasteiger partial charge in [-0.25, -0.2) is 4.98 Å². The molecule has 5 nitrogen and oxygen atoms in total. The highest BCUT2D eigenvalue weighted by Gasteiger charge is 2.26. The molecule has 0 aliphatic rings. The van der Waals surface area contributed by atoms with Crippen molar-refractivity contribution in [3.05, 3.63) is 11.8 Å². The van der Waals surface area contributed by atoms with Gasteiger partial charge >= 0.3 is 5.97 Å². The molecule has 21 heavy (non-hydrogen) atoms. The Bertz CT molecular complexity index is 527. The lowest BCUT2D eigenvalue weighted by molar-refractivity contribution is -0.138. The van der Waals surface area contributed by atoms with Crippen LogP contribution in [0.2, 0.25) is 39.3 Å². The van der Waals surface area contributed by atoms with E-state index in [4.69, 9.17) is 4.43 Å². The molecule has 0 aromatic carbocycles. The summed E-state index contributed by atoms with van der Waals surface area (Å²) in [4.78, 5) is 20.0. The van der Waals surface area contributed by atoms with Gasteiger partial charge in [-0.2, -0.15) is 4.98 Å². The number of hydrogen-bond acceptors (Lipinski definition) is 5. The van der Waals surface area contributed by atoms with Gasteiger partial charge in [0, 0.05) is 11.8 Å². The number of rotatable bonds is 6. The van der Waals surface area contributed by atoms with Gasteiger partial charge in [0.25, 0.3) is 0 Å². The predicted molar refractivity (Wildman–Crippen MR) is 91.3 cm³/mol. The zero-order valence-corrected chi connectivity index (χ0v) is 16.5. The molecular weight excluding hydrogens is 320 g/mol. The average Bonchev–Trinajstić information content (AvgIpc) is 2.23. The number of aliphatic carboxylic acids is 1. The standard InChI is InChI=1S/C13H24N2O3SSi2/c1-9(12(16)17)10-8-14-13(19-21(5,6)7)15-11(10)18-20(2,3)4/h8-9H,1-7H3,(H,16,17). The number of carbonyl (C=O) groups is 1. The molecule has 8 heteroatoms. The molecule has 1 aromatic rings. The fourth-order valence-corrected chi connectivity index (χ4v) is 4.95. The lowest BCUT2D eigenvalue weighted by Gasteiger charge is -2.22. The first-order valence-electron chi connectivity index (χ1n) is 6.87. The highest BCUT2D eigenvalue weighted by atomic mass is 32.4. The van der Waals surface area contributed by atoms with Crippen LogP contribution >= 0.6 is 11.2 Å². The summed E-state index contributed by atoms with van der Waals surface area (Å²) in [6.45, 7) is 14.4. The van der Waals surface area contributed by atoms with Crippen molar-refractivity contribution in [2.45, 2.75) is 57.3 Å². The molecule has 1 heterocycles. The summed E-state index contributed by atoms with van der Waals surface area (Å²) >= 11 is 1.67. The quantitative estimate of drug-likeness (QED) is 0.625. The SMILES string of the molecule is CC(C(=O)O)c1cnc(S[Si](C)(C)C)nc1O[Si](C)(C)C. The van der Waals surface area contributed by atoms with Gasteiger partial charge in [0.05, 0.1) is 5.92 Å². The minimum Gasteiger partial charge on any atom is -0.531 e. The summed E-state index contributed by atoms with van der Waals surface area (Å²) in [6, 6.07) is 0. The van der Waals surface area contributed by atoms with E-state index in [0.717, 1.165) is 0 Å². The minimum absolute atomic E-state index is 0.430. The Morgan fingerprint density at radius 3 is 2.29 bits per heavy atom. The van der Waals surface area contributed by atoms with Crippen molar-refractivity contribution in [3.8, 4) is 5.88 Å². The molecule has 0 saturated heterocycles. The summed E-state index contributed by atoms with van der Waals surface area (Å²) in [6.07, 6.45) is 1.60. The van der Waals surface area contributed by atoms with Gasteiger partial charge < -0.3 is 9.53 Å². The first kappa shape index (κ1) is 18.2. The van der Waals surface area contributed by atoms with Crippen LogP contribution in [0.15, 0.2) is 11.4 Å². The Morgan fingerprint density at radius 1 is 1.29 bits per heavy atom. The van der Waals surface area contributed by atoms with Gasteiger partial charge in [-0.1, -0.05) is 19.6 Å². The van der Waals surface area contributed by atoms with Gasteiger partial charge in [-0.3, -0.25) is 4.79 Å². The van der Waals surface area contributed by atoms with Gasteiger partial charge in [0.1, 0.15) is 7.22 Å². The lowest BCUT2D eigenvalue weighted by Crippen LogP contribution is -2.31. The van der Waals surface area contributed by atoms with Crippen molar-refractivity contribution in [1.82, 2.24) is 9.97 Å². The van der Waals surface area contributed by atoms with Crippen LogP contribution in [-0.2, 0) is 4.79 Å². The van der Waals surface area contributed by atoms with Crippen LogP contribution in [-0.4, -0.2) is 36.6 Å². The Hall–Kier alpha value is -0.866. The van der Waals surface area contributed by atoms with Gasteiger partial charge in [-0.05, 0) is 26.6 Å². The molecule has 118 valence electrons. The molecule has 1 aromatic heterocycles. The molecule has 0 spiro atoms. The summed E-state index contributed by atoms with van der Waals surface area (Å²) in [5.74, 6) is -1.15. The summed E-state index contributed by atoms with van der Waals surface area (Å²) in [5, 5.41) is 9.89. The monoisotopic (exact) mass is 344 g/mol. The van der Waals surface area contributed by atoms with E-state index in [2.05, 4.69) is 49.3 Å². The third-order valence-electron chi connectivity index (χ3n) is 2.40. The number of carboxylic acids is 1. The van der Waals surface area contributed by atoms with E-state index in [0.29, 0.717) is 16.6 Å². The van der Waals surface area contributed by atoms with Gasteiger partial charge in [0.2, 0.25) is 14.2 Å². The zero-order valence-electron chi connectivity index (χ0n) is 13.7. The van der Waals surface area contributed by atoms with E-state index < -0.39 is 27.4 Å². The first-order chi connectivity index (χ1) is 9.39. The molecule has 1 unspecified atom stereocenters. The van der Waals surface area contributed by atoms with Crippen molar-refractivity contribution < 1.29 is 14.3 Å². The molecule has 1 atom stereocenters. The number of nitrogens with zero attached hydrogens (tertiary/aromatic N) is 2. The van der Waals surface area contributed by atoms with Crippen LogP contribution in [0.1, 0.15) is 18.4 Å². The van der Waals surface area contributed by atoms with Crippen LogP contribution in [0, 0.1) is 0 Å². The number of carboxylic acid groups (broad SMARTS) is 1. The largest absolute Gasteiger partial charge is 0.531 e. The molecule has 0 aliphatic heterocycles. The summed E-state index contributed by atoms with van der Waals surface area (Å²) < 4.78 is 5.99. The Labute approximate surface area is 132 Å². The molecular formula is C13H24N2O3SSi2. The third kappa shape index (κ3) is 6.19. The molecule has 0 radical (unpaired) electrons. The van der Waals surface area contributed by atoms with Crippen molar-refractivity contribution >= 4 is 32.7 Å². The highest BCUT2D eigenvalue weighted by Crippen LogP contribution is 2.31. The molecule has 0 aliphatic carbocycles. The second-order valence-electron chi connectivity index (χ2n) is 6.90. The second-order valence-corrected chi connectivity index (χ2v) is 20.4. The smallest absolute Gasteiger partial charge is 0.310 e. The average molecular weight is 345 g/mol. The van der Waals surface area contributed by atoms with Crippen LogP contribution in [0.4, 0.5) is 0 Å². The van der Waals surface area contributed by atoms with E-state index in [1.54, 1.807) is 24.3 Å². The summed E-state index contributed by atoms with van der Waals surface area (Å²) in [5.41, 5.74) is 0.546. The molecule has 0 amide bonds. The van der Waals surface area contributed by atoms with Crippen LogP contribution in [0.25, 0.3) is 0 Å². The van der Waals surface area contributed by atoms with Crippen LogP contribution < -0.4 is 4.43 Å². The van der Waals surface area contributed by atoms with E-state index in [-0.39, 0.29) is 0 Å². The fraction of sp³-hybridized carbons (Fsp3) is 0.615. The van der Waals surface area contributed by atoms with E-state index in [1.807, 2.05) is 0 Å². The van der Waals surface area contributed by atoms with Crippen LogP contribution in [0.5, 0.6) is 5.88 Å². The minimum atomic E-state index is -1.87. The van der Waals surface area contributed by atoms with E-state index >= 15 is 0 Å². The maximum Gasteiger partial charge on any atom is 0.310 e. The fourth-order valence-electron chi connectivity index (χ4n) is 1.49. The zero-order chi connectivity index (χ0) is 16.4. The Morgan fingerprint density at radius 2 is 1.86 bits per heavy atom. The van der Waals surface area contributed by atoms with Crippen molar-refractivity contribution in [3.63, 3.8) is 0 Å². The number of hydrogen-bond donors (Lipinski definition) is 1. The maximum atomic E-state index is 11.2. The van der Waals surface area contributed by atoms with Gasteiger partial charge in [0.15, 0.2) is 5.16 Å². The molecule has 1 N–H and O–H groups in total. The van der Waals surface area contributed by atoms with Crippen molar-refractivity contribution in [2.75, 3.05) is 0 Å². The second kappa shape index (κ2) is 6.49. The third-order valence-corrected chi connectivity index (χ3v) is 6.58. The Kier molecular flexibility index (Phi) is 5.62. The normalized spacial score (nSPS) is 13.9. The predicted octanol–water partition coefficient (Wildman–Crippen LogP) is 3.81. The lowest BCUT2D eigenvalue weighted by atomic mass is 10.1. The Balaban J connectivity index is 3.23. The molecule has 0 saturated carbocycles. The molecule has 0 fully saturated rings. The van der Waals surface area contributed by atoms with E-state index in [9.17, 15) is 9.90 Å². The van der Waals surface area contributed by atoms with Crippen molar-refractivity contribution in [2.24, 2.45) is 0 Å². The maximum absolute atomic E-state index is 11.2. The van der Waals surface area contributed by atoms with Gasteiger partial charge in [-0.15, -0.1) is 11.2 Å². The molecule has 0 bridgehead atoms. The highest BCUT2D eigenvalue weighted by molar-refractivity contribution is 8.28. The molecule has 1 rings (SSSR count). The topological polar surface area (TPSA) is 72.3 Å². The summed E-state index contributed by atoms with van der Waals surface area (Å²) in [7, 11) is -3.29. The van der Waals surface area contributed by atoms with Crippen LogP contribution in [0.3, 0.4) is 0 Å². The number of aromatic nitrogens is 2. The van der Waals surface area contributed by atoms with Crippen molar-refractivity contribution in [1.29, 1.82) is 0 Å².